The lowest BCUT2D eigenvalue weighted by Crippen LogP contribution is -2.57. The number of aliphatic hydroxyl groups is 1. The Morgan fingerprint density at radius 3 is 2.30 bits per heavy atom. The van der Waals surface area contributed by atoms with E-state index >= 15 is 0 Å². The molecule has 0 spiro atoms. The van der Waals surface area contributed by atoms with Crippen LogP contribution in [0.15, 0.2) is 64.9 Å². The lowest BCUT2D eigenvalue weighted by Gasteiger charge is -2.34. The van der Waals surface area contributed by atoms with E-state index in [0.29, 0.717) is 19.6 Å². The third kappa shape index (κ3) is 8.84. The summed E-state index contributed by atoms with van der Waals surface area (Å²) in [6, 6.07) is 12.7. The fourth-order valence-corrected chi connectivity index (χ4v) is 7.91. The highest BCUT2D eigenvalue weighted by Gasteiger charge is 2.40. The summed E-state index contributed by atoms with van der Waals surface area (Å²) in [4.78, 5) is 35.2. The second-order valence-corrected chi connectivity index (χ2v) is 15.5. The number of hydrogen-bond acceptors (Lipinski definition) is 8. The van der Waals surface area contributed by atoms with E-state index in [4.69, 9.17) is 0 Å². The Morgan fingerprint density at radius 2 is 1.72 bits per heavy atom. The molecule has 13 heteroatoms. The normalized spacial score (nSPS) is 16.0. The maximum absolute atomic E-state index is 14.0. The van der Waals surface area contributed by atoms with Crippen molar-refractivity contribution in [3.05, 3.63) is 76.2 Å². The number of rotatable bonds is 15. The number of phenolic OH excluding ortho intramolecular Hbond substituents is 1. The SMILES string of the molecule is Cc1nc(CN2CCN([C@H](C(=O)N[C@@H](Cc3ccccc3)[C@@H](O)CN(CC(C)C)S(=O)(=O)c3ccc(O)cc3)C(C)C)C2=O)cs1. The molecule has 1 saturated heterocycles. The van der Waals surface area contributed by atoms with E-state index in [1.54, 1.807) is 9.80 Å². The molecule has 250 valence electrons. The molecule has 3 aromatic rings. The predicted molar refractivity (Wildman–Crippen MR) is 178 cm³/mol. The summed E-state index contributed by atoms with van der Waals surface area (Å²) >= 11 is 1.52. The Balaban J connectivity index is 1.56. The van der Waals surface area contributed by atoms with Crippen LogP contribution in [0, 0.1) is 18.8 Å². The zero-order chi connectivity index (χ0) is 33.6. The van der Waals surface area contributed by atoms with E-state index < -0.39 is 34.1 Å². The maximum Gasteiger partial charge on any atom is 0.321 e. The van der Waals surface area contributed by atoms with E-state index in [9.17, 15) is 28.2 Å². The average molecular weight is 672 g/mol. The number of sulfonamides is 1. The first-order valence-corrected chi connectivity index (χ1v) is 17.9. The lowest BCUT2D eigenvalue weighted by molar-refractivity contribution is -0.128. The molecule has 4 rings (SSSR count). The number of urea groups is 1. The molecule has 3 atom stereocenters. The number of carbonyl (C=O) groups excluding carboxylic acids is 2. The van der Waals surface area contributed by atoms with Gasteiger partial charge in [0, 0.05) is 31.6 Å². The van der Waals surface area contributed by atoms with Crippen molar-refractivity contribution in [3.8, 4) is 5.75 Å². The molecule has 1 aliphatic heterocycles. The number of nitrogens with one attached hydrogen (secondary N) is 1. The molecule has 0 radical (unpaired) electrons. The van der Waals surface area contributed by atoms with Crippen LogP contribution in [0.1, 0.15) is 44.0 Å². The van der Waals surface area contributed by atoms with Gasteiger partial charge in [-0.3, -0.25) is 4.79 Å². The van der Waals surface area contributed by atoms with Crippen molar-refractivity contribution in [2.45, 2.75) is 70.7 Å². The lowest BCUT2D eigenvalue weighted by atomic mass is 9.97. The van der Waals surface area contributed by atoms with Crippen LogP contribution in [0.2, 0.25) is 0 Å². The van der Waals surface area contributed by atoms with Gasteiger partial charge in [0.05, 0.1) is 34.3 Å². The van der Waals surface area contributed by atoms with Gasteiger partial charge in [-0.1, -0.05) is 58.0 Å². The van der Waals surface area contributed by atoms with Gasteiger partial charge in [0.15, 0.2) is 0 Å². The molecule has 0 bridgehead atoms. The molecule has 2 aromatic carbocycles. The van der Waals surface area contributed by atoms with E-state index in [-0.39, 0.29) is 48.0 Å². The second kappa shape index (κ2) is 15.4. The molecule has 3 N–H and O–H groups in total. The number of aryl methyl sites for hydroxylation is 1. The highest BCUT2D eigenvalue weighted by atomic mass is 32.2. The Kier molecular flexibility index (Phi) is 11.8. The third-order valence-electron chi connectivity index (χ3n) is 7.91. The average Bonchev–Trinajstić information content (AvgIpc) is 3.57. The first-order valence-electron chi connectivity index (χ1n) is 15.5. The van der Waals surface area contributed by atoms with Gasteiger partial charge in [-0.15, -0.1) is 11.3 Å². The Morgan fingerprint density at radius 1 is 1.04 bits per heavy atom. The molecule has 1 fully saturated rings. The van der Waals surface area contributed by atoms with Crippen molar-refractivity contribution in [2.24, 2.45) is 11.8 Å². The summed E-state index contributed by atoms with van der Waals surface area (Å²) < 4.78 is 28.6. The van der Waals surface area contributed by atoms with Crippen LogP contribution in [0.25, 0.3) is 0 Å². The summed E-state index contributed by atoms with van der Waals surface area (Å²) in [5, 5.41) is 27.2. The minimum absolute atomic E-state index is 0.00780. The van der Waals surface area contributed by atoms with Crippen LogP contribution in [-0.4, -0.2) is 94.0 Å². The molecule has 11 nitrogen and oxygen atoms in total. The van der Waals surface area contributed by atoms with Gasteiger partial charge >= 0.3 is 6.03 Å². The number of hydrogen-bond donors (Lipinski definition) is 3. The minimum atomic E-state index is -4.04. The molecule has 1 aromatic heterocycles. The monoisotopic (exact) mass is 671 g/mol. The van der Waals surface area contributed by atoms with Gasteiger partial charge in [0.2, 0.25) is 15.9 Å². The summed E-state index contributed by atoms with van der Waals surface area (Å²) in [6.45, 7) is 10.5. The predicted octanol–water partition coefficient (Wildman–Crippen LogP) is 3.85. The van der Waals surface area contributed by atoms with Crippen LogP contribution in [0.3, 0.4) is 0 Å². The molecule has 0 aliphatic carbocycles. The third-order valence-corrected chi connectivity index (χ3v) is 10.6. The smallest absolute Gasteiger partial charge is 0.321 e. The quantitative estimate of drug-likeness (QED) is 0.223. The first kappa shape index (κ1) is 35.3. The Hall–Kier alpha value is -3.52. The summed E-state index contributed by atoms with van der Waals surface area (Å²) in [7, 11) is -4.04. The largest absolute Gasteiger partial charge is 0.508 e. The summed E-state index contributed by atoms with van der Waals surface area (Å²) in [6.07, 6.45) is -1.03. The van der Waals surface area contributed by atoms with Crippen LogP contribution in [-0.2, 0) is 27.8 Å². The number of benzene rings is 2. The highest BCUT2D eigenvalue weighted by molar-refractivity contribution is 7.89. The van der Waals surface area contributed by atoms with Crippen molar-refractivity contribution in [2.75, 3.05) is 26.2 Å². The zero-order valence-corrected chi connectivity index (χ0v) is 28.7. The second-order valence-electron chi connectivity index (χ2n) is 12.5. The molecule has 46 heavy (non-hydrogen) atoms. The number of carbonyl (C=O) groups is 2. The van der Waals surface area contributed by atoms with E-state index in [2.05, 4.69) is 10.3 Å². The zero-order valence-electron chi connectivity index (χ0n) is 27.0. The van der Waals surface area contributed by atoms with Crippen molar-refractivity contribution in [1.82, 2.24) is 24.4 Å². The van der Waals surface area contributed by atoms with Gasteiger partial charge in [-0.2, -0.15) is 4.31 Å². The molecule has 2 heterocycles. The van der Waals surface area contributed by atoms with Crippen LogP contribution >= 0.6 is 11.3 Å². The number of phenols is 1. The molecule has 3 amide bonds. The van der Waals surface area contributed by atoms with Crippen LogP contribution < -0.4 is 5.32 Å². The number of aromatic nitrogens is 1. The van der Waals surface area contributed by atoms with Gasteiger partial charge in [-0.25, -0.2) is 18.2 Å². The fourth-order valence-electron chi connectivity index (χ4n) is 5.69. The first-order chi connectivity index (χ1) is 21.8. The van der Waals surface area contributed by atoms with Gasteiger partial charge in [-0.05, 0) is 55.0 Å². The Bertz CT molecular complexity index is 1560. The van der Waals surface area contributed by atoms with Crippen molar-refractivity contribution in [3.63, 3.8) is 0 Å². The number of amides is 3. The van der Waals surface area contributed by atoms with E-state index in [1.807, 2.05) is 70.3 Å². The van der Waals surface area contributed by atoms with Gasteiger partial charge < -0.3 is 25.3 Å². The molecule has 0 saturated carbocycles. The molecular weight excluding hydrogens is 627 g/mol. The number of thiazole rings is 1. The van der Waals surface area contributed by atoms with Crippen LogP contribution in [0.5, 0.6) is 5.75 Å². The molecule has 0 unspecified atom stereocenters. The van der Waals surface area contributed by atoms with Crippen molar-refractivity contribution in [1.29, 1.82) is 0 Å². The molecule has 1 aliphatic rings. The number of nitrogens with zero attached hydrogens (tertiary/aromatic N) is 4. The topological polar surface area (TPSA) is 143 Å². The number of aromatic hydroxyl groups is 1. The summed E-state index contributed by atoms with van der Waals surface area (Å²) in [5.41, 5.74) is 1.66. The van der Waals surface area contributed by atoms with Gasteiger partial charge in [0.25, 0.3) is 0 Å². The minimum Gasteiger partial charge on any atom is -0.508 e. The van der Waals surface area contributed by atoms with E-state index in [0.717, 1.165) is 16.3 Å². The van der Waals surface area contributed by atoms with Crippen molar-refractivity contribution < 1.29 is 28.2 Å². The van der Waals surface area contributed by atoms with Crippen LogP contribution in [0.4, 0.5) is 4.79 Å². The Labute approximate surface area is 275 Å². The van der Waals surface area contributed by atoms with Crippen molar-refractivity contribution >= 4 is 33.3 Å². The molecular formula is C33H45N5O6S2. The fraction of sp³-hybridized carbons (Fsp3) is 0.485. The van der Waals surface area contributed by atoms with E-state index in [1.165, 1.54) is 39.9 Å². The number of aliphatic hydroxyl groups excluding tert-OH is 1. The maximum atomic E-state index is 14.0. The standard InChI is InChI=1S/C33H45N5O6S2/c1-22(2)18-37(46(43,44)28-13-11-27(39)12-14-28)20-30(40)29(17-25-9-7-6-8-10-25)35-32(41)31(23(3)4)38-16-15-36(33(38)42)19-26-21-45-24(5)34-26/h6-14,21-23,29-31,39-40H,15-20H2,1-5H3,(H,35,41)/t29-,30-,31-/m0/s1. The van der Waals surface area contributed by atoms with Gasteiger partial charge in [0.1, 0.15) is 11.8 Å². The highest BCUT2D eigenvalue weighted by Crippen LogP contribution is 2.24. The summed E-state index contributed by atoms with van der Waals surface area (Å²) in [5.74, 6) is -0.750.